The van der Waals surface area contributed by atoms with E-state index < -0.39 is 0 Å². The van der Waals surface area contributed by atoms with E-state index in [9.17, 15) is 4.79 Å². The van der Waals surface area contributed by atoms with Crippen LogP contribution in [0.3, 0.4) is 0 Å². The van der Waals surface area contributed by atoms with Gasteiger partial charge < -0.3 is 14.6 Å². The second kappa shape index (κ2) is 7.77. The molecule has 128 valence electrons. The van der Waals surface area contributed by atoms with Crippen molar-refractivity contribution in [1.82, 2.24) is 15.5 Å². The molecule has 0 spiro atoms. The number of carbonyl (C=O) groups is 1. The third-order valence-electron chi connectivity index (χ3n) is 3.60. The fraction of sp³-hybridized carbons (Fsp3) is 0.389. The van der Waals surface area contributed by atoms with E-state index in [0.29, 0.717) is 23.7 Å². The zero-order chi connectivity index (χ0) is 17.7. The molecule has 0 fully saturated rings. The van der Waals surface area contributed by atoms with Crippen molar-refractivity contribution >= 4 is 5.91 Å². The average molecular weight is 329 g/mol. The Bertz CT molecular complexity index is 722. The first-order valence-corrected chi connectivity index (χ1v) is 7.88. The molecule has 0 aliphatic heterocycles. The van der Waals surface area contributed by atoms with Gasteiger partial charge in [-0.3, -0.25) is 4.79 Å². The lowest BCUT2D eigenvalue weighted by molar-refractivity contribution is 0.0932. The largest absolute Gasteiger partial charge is 0.496 e. The number of nitrogens with one attached hydrogen (secondary N) is 1. The van der Waals surface area contributed by atoms with Gasteiger partial charge in [0.25, 0.3) is 5.91 Å². The lowest BCUT2D eigenvalue weighted by Crippen LogP contribution is -2.27. The van der Waals surface area contributed by atoms with Gasteiger partial charge in [0.05, 0.1) is 7.11 Å². The highest BCUT2D eigenvalue weighted by Gasteiger charge is 2.19. The average Bonchev–Trinajstić information content (AvgIpc) is 3.05. The molecule has 24 heavy (non-hydrogen) atoms. The van der Waals surface area contributed by atoms with Crippen LogP contribution >= 0.6 is 0 Å². The third kappa shape index (κ3) is 4.01. The first-order valence-electron chi connectivity index (χ1n) is 7.88. The van der Waals surface area contributed by atoms with Gasteiger partial charge >= 0.3 is 0 Å². The Morgan fingerprint density at radius 3 is 2.75 bits per heavy atom. The van der Waals surface area contributed by atoms with E-state index in [1.165, 1.54) is 0 Å². The lowest BCUT2D eigenvalue weighted by atomic mass is 10.1. The highest BCUT2D eigenvalue weighted by Crippen LogP contribution is 2.21. The molecule has 0 saturated heterocycles. The first-order chi connectivity index (χ1) is 11.5. The molecule has 6 nitrogen and oxygen atoms in total. The molecule has 1 aromatic carbocycles. The van der Waals surface area contributed by atoms with Gasteiger partial charge in [0, 0.05) is 11.5 Å². The van der Waals surface area contributed by atoms with Crippen LogP contribution in [0.5, 0.6) is 5.75 Å². The molecule has 1 aromatic heterocycles. The number of hydrogen-bond acceptors (Lipinski definition) is 5. The van der Waals surface area contributed by atoms with Crippen molar-refractivity contribution in [3.8, 4) is 5.75 Å². The van der Waals surface area contributed by atoms with Gasteiger partial charge in [-0.25, -0.2) is 0 Å². The van der Waals surface area contributed by atoms with Crippen LogP contribution in [-0.4, -0.2) is 23.2 Å². The number of hydrogen-bond donors (Lipinski definition) is 1. The molecule has 1 heterocycles. The maximum absolute atomic E-state index is 12.5. The van der Waals surface area contributed by atoms with Crippen LogP contribution in [0.15, 0.2) is 35.4 Å². The molecule has 1 amide bonds. The molecule has 2 rings (SSSR count). The summed E-state index contributed by atoms with van der Waals surface area (Å²) < 4.78 is 10.5. The molecule has 1 N–H and O–H groups in total. The summed E-state index contributed by atoms with van der Waals surface area (Å²) in [6, 6.07) is 4.93. The molecule has 0 unspecified atom stereocenters. The maximum Gasteiger partial charge on any atom is 0.251 e. The number of methoxy groups -OCH3 is 1. The smallest absolute Gasteiger partial charge is 0.251 e. The predicted octanol–water partition coefficient (Wildman–Crippen LogP) is 3.42. The topological polar surface area (TPSA) is 77.3 Å². The van der Waals surface area contributed by atoms with Crippen molar-refractivity contribution in [2.45, 2.75) is 39.2 Å². The second-order valence-electron chi connectivity index (χ2n) is 5.86. The summed E-state index contributed by atoms with van der Waals surface area (Å²) >= 11 is 0. The van der Waals surface area contributed by atoms with Crippen molar-refractivity contribution < 1.29 is 14.1 Å². The van der Waals surface area contributed by atoms with Crippen LogP contribution in [0.4, 0.5) is 0 Å². The number of nitrogens with zero attached hydrogens (tertiary/aromatic N) is 2. The van der Waals surface area contributed by atoms with Crippen LogP contribution in [0.2, 0.25) is 0 Å². The van der Waals surface area contributed by atoms with Crippen LogP contribution < -0.4 is 10.1 Å². The molecular formula is C18H23N3O3. The summed E-state index contributed by atoms with van der Waals surface area (Å²) in [6.07, 6.45) is 2.40. The van der Waals surface area contributed by atoms with Crippen LogP contribution in [-0.2, 0) is 6.42 Å². The van der Waals surface area contributed by atoms with E-state index in [4.69, 9.17) is 9.26 Å². The number of ether oxygens (including phenoxy) is 1. The first kappa shape index (κ1) is 17.7. The number of aromatic nitrogens is 2. The lowest BCUT2D eigenvalue weighted by Gasteiger charge is -2.12. The minimum Gasteiger partial charge on any atom is -0.496 e. The Balaban J connectivity index is 2.13. The van der Waals surface area contributed by atoms with E-state index in [1.54, 1.807) is 31.4 Å². The van der Waals surface area contributed by atoms with E-state index in [-0.39, 0.29) is 17.9 Å². The summed E-state index contributed by atoms with van der Waals surface area (Å²) in [4.78, 5) is 16.8. The summed E-state index contributed by atoms with van der Waals surface area (Å²) in [7, 11) is 1.60. The Kier molecular flexibility index (Phi) is 5.73. The number of amides is 1. The normalized spacial score (nSPS) is 12.0. The summed E-state index contributed by atoms with van der Waals surface area (Å²) in [5, 5.41) is 6.78. The van der Waals surface area contributed by atoms with Crippen LogP contribution in [0.1, 0.15) is 60.4 Å². The zero-order valence-corrected chi connectivity index (χ0v) is 14.5. The summed E-state index contributed by atoms with van der Waals surface area (Å²) in [6.45, 7) is 9.50. The minimum atomic E-state index is -0.373. The SMILES string of the molecule is C=CCc1cc(C(=O)N[C@H](C)c2nc(C(C)C)no2)ccc1OC. The van der Waals surface area contributed by atoms with Crippen molar-refractivity contribution in [2.75, 3.05) is 7.11 Å². The third-order valence-corrected chi connectivity index (χ3v) is 3.60. The molecule has 0 aliphatic rings. The quantitative estimate of drug-likeness (QED) is 0.788. The van der Waals surface area contributed by atoms with Gasteiger partial charge in [-0.1, -0.05) is 25.1 Å². The van der Waals surface area contributed by atoms with Gasteiger partial charge in [-0.15, -0.1) is 6.58 Å². The molecule has 0 aliphatic carbocycles. The molecule has 0 bridgehead atoms. The number of benzene rings is 1. The van der Waals surface area contributed by atoms with Crippen LogP contribution in [0, 0.1) is 0 Å². The van der Waals surface area contributed by atoms with E-state index in [2.05, 4.69) is 22.0 Å². The number of carbonyl (C=O) groups excluding carboxylic acids is 1. The van der Waals surface area contributed by atoms with Crippen molar-refractivity contribution in [2.24, 2.45) is 0 Å². The highest BCUT2D eigenvalue weighted by molar-refractivity contribution is 5.94. The van der Waals surface area contributed by atoms with Gasteiger partial charge in [0.1, 0.15) is 11.8 Å². The van der Waals surface area contributed by atoms with E-state index in [1.807, 2.05) is 20.8 Å². The summed E-state index contributed by atoms with van der Waals surface area (Å²) in [5.74, 6) is 1.72. The highest BCUT2D eigenvalue weighted by atomic mass is 16.5. The van der Waals surface area contributed by atoms with Gasteiger partial charge in [-0.05, 0) is 37.1 Å². The standard InChI is InChI=1S/C18H23N3O3/c1-6-7-13-10-14(8-9-15(13)23-5)17(22)19-12(4)18-20-16(11(2)3)21-24-18/h6,8-12H,1,7H2,2-5H3,(H,19,22)/t12-/m1/s1. The predicted molar refractivity (Wildman–Crippen MR) is 91.2 cm³/mol. The molecular weight excluding hydrogens is 306 g/mol. The van der Waals surface area contributed by atoms with Crippen molar-refractivity contribution in [3.63, 3.8) is 0 Å². The fourth-order valence-electron chi connectivity index (χ4n) is 2.23. The Morgan fingerprint density at radius 2 is 2.17 bits per heavy atom. The van der Waals surface area contributed by atoms with Gasteiger partial charge in [-0.2, -0.15) is 4.98 Å². The van der Waals surface area contributed by atoms with E-state index >= 15 is 0 Å². The maximum atomic E-state index is 12.5. The second-order valence-corrected chi connectivity index (χ2v) is 5.86. The molecule has 1 atom stereocenters. The molecule has 0 saturated carbocycles. The molecule has 2 aromatic rings. The van der Waals surface area contributed by atoms with Crippen molar-refractivity contribution in [1.29, 1.82) is 0 Å². The number of rotatable bonds is 7. The molecule has 6 heteroatoms. The van der Waals surface area contributed by atoms with Crippen LogP contribution in [0.25, 0.3) is 0 Å². The van der Waals surface area contributed by atoms with Crippen molar-refractivity contribution in [3.05, 3.63) is 53.7 Å². The Labute approximate surface area is 141 Å². The monoisotopic (exact) mass is 329 g/mol. The Hall–Kier alpha value is -2.63. The fourth-order valence-corrected chi connectivity index (χ4v) is 2.23. The molecule has 0 radical (unpaired) electrons. The van der Waals surface area contributed by atoms with Gasteiger partial charge in [0.15, 0.2) is 5.82 Å². The Morgan fingerprint density at radius 1 is 1.42 bits per heavy atom. The minimum absolute atomic E-state index is 0.174. The number of allylic oxidation sites excluding steroid dienone is 1. The van der Waals surface area contributed by atoms with E-state index in [0.717, 1.165) is 11.3 Å². The summed E-state index contributed by atoms with van der Waals surface area (Å²) in [5.41, 5.74) is 1.45. The van der Waals surface area contributed by atoms with Gasteiger partial charge in [0.2, 0.25) is 5.89 Å². The zero-order valence-electron chi connectivity index (χ0n) is 14.5.